The number of amides is 1. The van der Waals surface area contributed by atoms with Crippen LogP contribution in [-0.4, -0.2) is 26.2 Å². The average Bonchev–Trinajstić information content (AvgIpc) is 2.99. The first-order chi connectivity index (χ1) is 13.0. The molecule has 1 aromatic heterocycles. The highest BCUT2D eigenvalue weighted by molar-refractivity contribution is 7.21. The maximum absolute atomic E-state index is 12.4. The van der Waals surface area contributed by atoms with Crippen molar-refractivity contribution >= 4 is 38.9 Å². The molecule has 0 unspecified atom stereocenters. The van der Waals surface area contributed by atoms with Crippen LogP contribution >= 0.6 is 22.9 Å². The predicted molar refractivity (Wildman–Crippen MR) is 102 cm³/mol. The number of hydrogen-bond acceptors (Lipinski definition) is 4. The monoisotopic (exact) mass is 411 g/mol. The Morgan fingerprint density at radius 2 is 2.00 bits per heavy atom. The van der Waals surface area contributed by atoms with Crippen molar-refractivity contribution in [2.24, 2.45) is 0 Å². The van der Waals surface area contributed by atoms with Crippen molar-refractivity contribution < 1.29 is 23.0 Å². The molecule has 0 aliphatic rings. The van der Waals surface area contributed by atoms with E-state index in [4.69, 9.17) is 16.3 Å². The summed E-state index contributed by atoms with van der Waals surface area (Å²) in [5.74, 6) is -0.0603. The van der Waals surface area contributed by atoms with Crippen LogP contribution in [0.15, 0.2) is 42.5 Å². The number of carbonyl (C=O) groups is 1. The maximum Gasteiger partial charge on any atom is 0.387 e. The van der Waals surface area contributed by atoms with E-state index >= 15 is 0 Å². The highest BCUT2D eigenvalue weighted by Gasteiger charge is 2.16. The topological polar surface area (TPSA) is 47.6 Å². The molecule has 1 heterocycles. The smallest absolute Gasteiger partial charge is 0.387 e. The normalized spacial score (nSPS) is 11.0. The number of ether oxygens (including phenoxy) is 2. The van der Waals surface area contributed by atoms with Gasteiger partial charge in [0.1, 0.15) is 4.88 Å². The Morgan fingerprint density at radius 3 is 2.70 bits per heavy atom. The summed E-state index contributed by atoms with van der Waals surface area (Å²) in [5.41, 5.74) is 0.816. The van der Waals surface area contributed by atoms with E-state index in [0.717, 1.165) is 15.6 Å². The number of rotatable bonds is 7. The molecule has 1 N–H and O–H groups in total. The fourth-order valence-corrected chi connectivity index (χ4v) is 4.05. The van der Waals surface area contributed by atoms with E-state index in [-0.39, 0.29) is 17.4 Å². The fraction of sp³-hybridized carbons (Fsp3) is 0.211. The second-order valence-electron chi connectivity index (χ2n) is 5.61. The summed E-state index contributed by atoms with van der Waals surface area (Å²) in [7, 11) is 1.38. The van der Waals surface area contributed by atoms with Gasteiger partial charge in [0.05, 0.1) is 12.1 Å². The molecule has 0 spiro atoms. The van der Waals surface area contributed by atoms with Crippen LogP contribution in [0.4, 0.5) is 8.78 Å². The summed E-state index contributed by atoms with van der Waals surface area (Å²) in [6, 6.07) is 12.2. The van der Waals surface area contributed by atoms with Gasteiger partial charge in [0, 0.05) is 16.6 Å². The van der Waals surface area contributed by atoms with E-state index in [1.54, 1.807) is 12.1 Å². The molecule has 4 nitrogen and oxygen atoms in total. The van der Waals surface area contributed by atoms with Gasteiger partial charge in [-0.2, -0.15) is 8.78 Å². The third-order valence-electron chi connectivity index (χ3n) is 3.88. The number of halogens is 3. The number of benzene rings is 2. The molecule has 3 aromatic rings. The first-order valence-electron chi connectivity index (χ1n) is 8.06. The molecule has 0 fully saturated rings. The van der Waals surface area contributed by atoms with Gasteiger partial charge in [0.15, 0.2) is 11.5 Å². The summed E-state index contributed by atoms with van der Waals surface area (Å²) >= 11 is 7.64. The molecule has 0 saturated carbocycles. The number of methoxy groups -OCH3 is 1. The van der Waals surface area contributed by atoms with Crippen molar-refractivity contribution in [2.75, 3.05) is 13.7 Å². The Kier molecular flexibility index (Phi) is 6.13. The first kappa shape index (κ1) is 19.4. The minimum absolute atomic E-state index is 0.0302. The van der Waals surface area contributed by atoms with E-state index in [0.29, 0.717) is 22.9 Å². The van der Waals surface area contributed by atoms with Gasteiger partial charge in [-0.15, -0.1) is 11.3 Å². The summed E-state index contributed by atoms with van der Waals surface area (Å²) < 4.78 is 35.1. The molecule has 0 aliphatic heterocycles. The van der Waals surface area contributed by atoms with Gasteiger partial charge in [-0.25, -0.2) is 0 Å². The standard InChI is InChI=1S/C19H16ClF2NO3S/c1-25-14-10-11(6-7-13(14)26-19(21)22)8-9-23-18(24)17-16(20)12-4-2-3-5-15(12)27-17/h2-7,10,19H,8-9H2,1H3,(H,23,24). The molecule has 0 bridgehead atoms. The van der Waals surface area contributed by atoms with Gasteiger partial charge in [0.25, 0.3) is 5.91 Å². The SMILES string of the molecule is COc1cc(CCNC(=O)c2sc3ccccc3c2Cl)ccc1OC(F)F. The molecule has 0 radical (unpaired) electrons. The Morgan fingerprint density at radius 1 is 1.22 bits per heavy atom. The Bertz CT molecular complexity index is 961. The quantitative estimate of drug-likeness (QED) is 0.585. The van der Waals surface area contributed by atoms with Gasteiger partial charge < -0.3 is 14.8 Å². The van der Waals surface area contributed by atoms with Gasteiger partial charge in [-0.3, -0.25) is 4.79 Å². The van der Waals surface area contributed by atoms with Crippen LogP contribution < -0.4 is 14.8 Å². The average molecular weight is 412 g/mol. The lowest BCUT2D eigenvalue weighted by molar-refractivity contribution is -0.0512. The molecule has 8 heteroatoms. The highest BCUT2D eigenvalue weighted by Crippen LogP contribution is 2.35. The van der Waals surface area contributed by atoms with Crippen molar-refractivity contribution in [3.63, 3.8) is 0 Å². The minimum Gasteiger partial charge on any atom is -0.493 e. The van der Waals surface area contributed by atoms with Crippen molar-refractivity contribution in [3.05, 3.63) is 57.9 Å². The molecule has 0 atom stereocenters. The van der Waals surface area contributed by atoms with Crippen LogP contribution in [-0.2, 0) is 6.42 Å². The molecule has 1 amide bonds. The molecule has 0 aliphatic carbocycles. The number of nitrogens with one attached hydrogen (secondary N) is 1. The lowest BCUT2D eigenvalue weighted by atomic mass is 10.1. The number of alkyl halides is 2. The number of hydrogen-bond donors (Lipinski definition) is 1. The molecule has 27 heavy (non-hydrogen) atoms. The molecule has 142 valence electrons. The Labute approximate surface area is 163 Å². The zero-order valence-electron chi connectivity index (χ0n) is 14.3. The third kappa shape index (κ3) is 4.48. The van der Waals surface area contributed by atoms with Gasteiger partial charge in [-0.05, 0) is 30.2 Å². The third-order valence-corrected chi connectivity index (χ3v) is 5.56. The van der Waals surface area contributed by atoms with Gasteiger partial charge in [-0.1, -0.05) is 35.9 Å². The van der Waals surface area contributed by atoms with Gasteiger partial charge >= 0.3 is 6.61 Å². The van der Waals surface area contributed by atoms with Crippen LogP contribution in [0.2, 0.25) is 5.02 Å². The second kappa shape index (κ2) is 8.54. The Hall–Kier alpha value is -2.38. The summed E-state index contributed by atoms with van der Waals surface area (Å²) in [6.07, 6.45) is 0.500. The van der Waals surface area contributed by atoms with Crippen LogP contribution in [0.3, 0.4) is 0 Å². The van der Waals surface area contributed by atoms with Crippen LogP contribution in [0.1, 0.15) is 15.2 Å². The zero-order valence-corrected chi connectivity index (χ0v) is 15.9. The summed E-state index contributed by atoms with van der Waals surface area (Å²) in [5, 5.41) is 4.13. The first-order valence-corrected chi connectivity index (χ1v) is 9.26. The van der Waals surface area contributed by atoms with Crippen molar-refractivity contribution in [1.82, 2.24) is 5.32 Å². The minimum atomic E-state index is -2.92. The van der Waals surface area contributed by atoms with E-state index < -0.39 is 6.61 Å². The summed E-state index contributed by atoms with van der Waals surface area (Å²) in [4.78, 5) is 12.9. The number of thiophene rings is 1. The van der Waals surface area contributed by atoms with Crippen molar-refractivity contribution in [3.8, 4) is 11.5 Å². The van der Waals surface area contributed by atoms with E-state index in [1.807, 2.05) is 24.3 Å². The second-order valence-corrected chi connectivity index (χ2v) is 7.04. The van der Waals surface area contributed by atoms with E-state index in [2.05, 4.69) is 10.1 Å². The highest BCUT2D eigenvalue weighted by atomic mass is 35.5. The van der Waals surface area contributed by atoms with Crippen LogP contribution in [0.25, 0.3) is 10.1 Å². The molecule has 2 aromatic carbocycles. The number of carbonyl (C=O) groups excluding carboxylic acids is 1. The van der Waals surface area contributed by atoms with E-state index in [9.17, 15) is 13.6 Å². The van der Waals surface area contributed by atoms with Crippen LogP contribution in [0, 0.1) is 0 Å². The number of fused-ring (bicyclic) bond motifs is 1. The maximum atomic E-state index is 12.4. The lowest BCUT2D eigenvalue weighted by Gasteiger charge is -2.11. The summed E-state index contributed by atoms with van der Waals surface area (Å²) in [6.45, 7) is -2.56. The molecule has 3 rings (SSSR count). The predicted octanol–water partition coefficient (Wildman–Crippen LogP) is 5.14. The van der Waals surface area contributed by atoms with E-state index in [1.165, 1.54) is 24.5 Å². The lowest BCUT2D eigenvalue weighted by Crippen LogP contribution is -2.25. The van der Waals surface area contributed by atoms with Gasteiger partial charge in [0.2, 0.25) is 0 Å². The van der Waals surface area contributed by atoms with Crippen LogP contribution in [0.5, 0.6) is 11.5 Å². The fourth-order valence-electron chi connectivity index (χ4n) is 2.62. The molecule has 0 saturated heterocycles. The zero-order chi connectivity index (χ0) is 19.4. The molecular weight excluding hydrogens is 396 g/mol. The van der Waals surface area contributed by atoms with Crippen molar-refractivity contribution in [1.29, 1.82) is 0 Å². The van der Waals surface area contributed by atoms with Crippen molar-refractivity contribution in [2.45, 2.75) is 13.0 Å². The Balaban J connectivity index is 1.63. The molecular formula is C19H16ClF2NO3S. The largest absolute Gasteiger partial charge is 0.493 e.